The molecule has 5 heteroatoms. The van der Waals surface area contributed by atoms with Gasteiger partial charge in [-0.15, -0.1) is 10.2 Å². The first-order valence-corrected chi connectivity index (χ1v) is 7.51. The Morgan fingerprint density at radius 1 is 1.09 bits per heavy atom. The van der Waals surface area contributed by atoms with E-state index in [0.29, 0.717) is 6.42 Å². The molecule has 4 aromatic rings. The summed E-state index contributed by atoms with van der Waals surface area (Å²) in [5.41, 5.74) is 3.81. The highest BCUT2D eigenvalue weighted by atomic mass is 15.4. The standard InChI is InChI=1S/C18H15N5/c1-2-4-15-7-9-17-20-21-18(23(17)22-15)12-13-6-8-16-14(11-13)5-3-10-19-16/h2-11H,12H2,1H3/b4-2+. The number of hydrogen-bond donors (Lipinski definition) is 0. The van der Waals surface area contributed by atoms with Crippen LogP contribution in [0.1, 0.15) is 24.0 Å². The molecule has 0 spiro atoms. The lowest BCUT2D eigenvalue weighted by molar-refractivity contribution is 0.833. The van der Waals surface area contributed by atoms with Crippen LogP contribution in [0.15, 0.2) is 54.7 Å². The van der Waals surface area contributed by atoms with E-state index >= 15 is 0 Å². The molecule has 0 saturated carbocycles. The van der Waals surface area contributed by atoms with Crippen LogP contribution in [0.25, 0.3) is 22.6 Å². The number of pyridine rings is 1. The van der Waals surface area contributed by atoms with Gasteiger partial charge in [0, 0.05) is 18.0 Å². The van der Waals surface area contributed by atoms with E-state index in [1.54, 1.807) is 6.20 Å². The highest BCUT2D eigenvalue weighted by Gasteiger charge is 2.08. The van der Waals surface area contributed by atoms with Gasteiger partial charge in [-0.25, -0.2) is 0 Å². The van der Waals surface area contributed by atoms with Crippen LogP contribution in [-0.2, 0) is 6.42 Å². The van der Waals surface area contributed by atoms with Gasteiger partial charge in [0.05, 0.1) is 11.2 Å². The molecule has 23 heavy (non-hydrogen) atoms. The number of nitrogens with zero attached hydrogens (tertiary/aromatic N) is 5. The third-order valence-corrected chi connectivity index (χ3v) is 3.72. The molecule has 1 aromatic carbocycles. The van der Waals surface area contributed by atoms with Crippen molar-refractivity contribution in [3.63, 3.8) is 0 Å². The lowest BCUT2D eigenvalue weighted by Gasteiger charge is -2.03. The van der Waals surface area contributed by atoms with E-state index in [4.69, 9.17) is 0 Å². The van der Waals surface area contributed by atoms with E-state index in [0.717, 1.165) is 33.6 Å². The normalized spacial score (nSPS) is 11.7. The summed E-state index contributed by atoms with van der Waals surface area (Å²) in [6, 6.07) is 14.1. The fourth-order valence-corrected chi connectivity index (χ4v) is 2.63. The molecule has 0 unspecified atom stereocenters. The van der Waals surface area contributed by atoms with Crippen molar-refractivity contribution in [2.75, 3.05) is 0 Å². The molecule has 0 N–H and O–H groups in total. The Balaban J connectivity index is 1.74. The number of fused-ring (bicyclic) bond motifs is 2. The average Bonchev–Trinajstić information content (AvgIpc) is 2.97. The summed E-state index contributed by atoms with van der Waals surface area (Å²) in [7, 11) is 0. The summed E-state index contributed by atoms with van der Waals surface area (Å²) < 4.78 is 1.81. The van der Waals surface area contributed by atoms with Crippen LogP contribution in [0.2, 0.25) is 0 Å². The van der Waals surface area contributed by atoms with Crippen molar-refractivity contribution in [3.05, 3.63) is 71.8 Å². The highest BCUT2D eigenvalue weighted by Crippen LogP contribution is 2.16. The van der Waals surface area contributed by atoms with Crippen molar-refractivity contribution >= 4 is 22.6 Å². The minimum atomic E-state index is 0.679. The lowest BCUT2D eigenvalue weighted by Crippen LogP contribution is -2.01. The fraction of sp³-hybridized carbons (Fsp3) is 0.111. The zero-order valence-corrected chi connectivity index (χ0v) is 12.7. The molecule has 3 aromatic heterocycles. The van der Waals surface area contributed by atoms with Crippen molar-refractivity contribution in [2.24, 2.45) is 0 Å². The number of rotatable bonds is 3. The zero-order chi connectivity index (χ0) is 15.6. The molecule has 0 aliphatic carbocycles. The van der Waals surface area contributed by atoms with Gasteiger partial charge >= 0.3 is 0 Å². The molecule has 0 amide bonds. The topological polar surface area (TPSA) is 56.0 Å². The highest BCUT2D eigenvalue weighted by molar-refractivity contribution is 5.78. The fourth-order valence-electron chi connectivity index (χ4n) is 2.63. The maximum Gasteiger partial charge on any atom is 0.177 e. The lowest BCUT2D eigenvalue weighted by atomic mass is 10.1. The molecule has 112 valence electrons. The third-order valence-electron chi connectivity index (χ3n) is 3.72. The molecular weight excluding hydrogens is 286 g/mol. The van der Waals surface area contributed by atoms with Crippen LogP contribution in [0.5, 0.6) is 0 Å². The minimum absolute atomic E-state index is 0.679. The van der Waals surface area contributed by atoms with Gasteiger partial charge in [0.1, 0.15) is 0 Å². The monoisotopic (exact) mass is 301 g/mol. The molecule has 4 rings (SSSR count). The average molecular weight is 301 g/mol. The quantitative estimate of drug-likeness (QED) is 0.582. The molecule has 0 radical (unpaired) electrons. The van der Waals surface area contributed by atoms with E-state index in [1.165, 1.54) is 0 Å². The predicted octanol–water partition coefficient (Wildman–Crippen LogP) is 3.30. The Bertz CT molecular complexity index is 1020. The Hall–Kier alpha value is -3.08. The Kier molecular flexibility index (Phi) is 3.31. The number of allylic oxidation sites excluding steroid dienone is 1. The molecule has 0 bridgehead atoms. The summed E-state index contributed by atoms with van der Waals surface area (Å²) in [4.78, 5) is 4.35. The summed E-state index contributed by atoms with van der Waals surface area (Å²) in [5, 5.41) is 14.2. The molecule has 0 aliphatic heterocycles. The van der Waals surface area contributed by atoms with Gasteiger partial charge < -0.3 is 0 Å². The maximum atomic E-state index is 4.58. The molecule has 5 nitrogen and oxygen atoms in total. The summed E-state index contributed by atoms with van der Waals surface area (Å²) in [5.74, 6) is 0.828. The van der Waals surface area contributed by atoms with E-state index in [-0.39, 0.29) is 0 Å². The SMILES string of the molecule is C/C=C/c1ccc2nnc(Cc3ccc4ncccc4c3)n2n1. The molecular formula is C18H15N5. The second-order valence-corrected chi connectivity index (χ2v) is 5.35. The van der Waals surface area contributed by atoms with Crippen molar-refractivity contribution in [1.82, 2.24) is 24.8 Å². The van der Waals surface area contributed by atoms with Gasteiger partial charge in [-0.1, -0.05) is 18.2 Å². The van der Waals surface area contributed by atoms with Crippen LogP contribution in [0.4, 0.5) is 0 Å². The van der Waals surface area contributed by atoms with Crippen molar-refractivity contribution in [1.29, 1.82) is 0 Å². The maximum absolute atomic E-state index is 4.58. The summed E-state index contributed by atoms with van der Waals surface area (Å²) in [6.45, 7) is 1.97. The van der Waals surface area contributed by atoms with Crippen LogP contribution in [-0.4, -0.2) is 24.8 Å². The summed E-state index contributed by atoms with van der Waals surface area (Å²) in [6.07, 6.45) is 6.42. The van der Waals surface area contributed by atoms with E-state index in [2.05, 4.69) is 38.5 Å². The number of benzene rings is 1. The van der Waals surface area contributed by atoms with Gasteiger partial charge in [-0.3, -0.25) is 4.98 Å². The van der Waals surface area contributed by atoms with Crippen LogP contribution >= 0.6 is 0 Å². The second-order valence-electron chi connectivity index (χ2n) is 5.35. The van der Waals surface area contributed by atoms with Gasteiger partial charge in [0.15, 0.2) is 11.5 Å². The smallest absolute Gasteiger partial charge is 0.177 e. The van der Waals surface area contributed by atoms with Gasteiger partial charge in [-0.2, -0.15) is 9.61 Å². The van der Waals surface area contributed by atoms with Crippen LogP contribution in [0, 0.1) is 0 Å². The Morgan fingerprint density at radius 3 is 2.96 bits per heavy atom. The van der Waals surface area contributed by atoms with Crippen LogP contribution < -0.4 is 0 Å². The zero-order valence-electron chi connectivity index (χ0n) is 12.7. The molecule has 0 atom stereocenters. The van der Waals surface area contributed by atoms with Crippen molar-refractivity contribution in [2.45, 2.75) is 13.3 Å². The van der Waals surface area contributed by atoms with Crippen molar-refractivity contribution < 1.29 is 0 Å². The van der Waals surface area contributed by atoms with E-state index in [9.17, 15) is 0 Å². The summed E-state index contributed by atoms with van der Waals surface area (Å²) >= 11 is 0. The van der Waals surface area contributed by atoms with Gasteiger partial charge in [0.2, 0.25) is 0 Å². The Morgan fingerprint density at radius 2 is 2.04 bits per heavy atom. The predicted molar refractivity (Wildman–Crippen MR) is 90.0 cm³/mol. The molecule has 0 fully saturated rings. The first-order chi connectivity index (χ1) is 11.3. The Labute approximate surface area is 133 Å². The second kappa shape index (κ2) is 5.61. The molecule has 3 heterocycles. The van der Waals surface area contributed by atoms with Crippen molar-refractivity contribution in [3.8, 4) is 0 Å². The number of hydrogen-bond acceptors (Lipinski definition) is 4. The first kappa shape index (κ1) is 13.6. The van der Waals surface area contributed by atoms with E-state index in [1.807, 2.05) is 47.9 Å². The van der Waals surface area contributed by atoms with Crippen LogP contribution in [0.3, 0.4) is 0 Å². The number of aromatic nitrogens is 5. The van der Waals surface area contributed by atoms with E-state index < -0.39 is 0 Å². The van der Waals surface area contributed by atoms with Gasteiger partial charge in [0.25, 0.3) is 0 Å². The largest absolute Gasteiger partial charge is 0.256 e. The first-order valence-electron chi connectivity index (χ1n) is 7.51. The third kappa shape index (κ3) is 2.57. The molecule has 0 aliphatic rings. The minimum Gasteiger partial charge on any atom is -0.256 e. The molecule has 0 saturated heterocycles. The van der Waals surface area contributed by atoms with Gasteiger partial charge in [-0.05, 0) is 48.9 Å².